The van der Waals surface area contributed by atoms with Crippen LogP contribution in [0.2, 0.25) is 0 Å². The summed E-state index contributed by atoms with van der Waals surface area (Å²) in [5.74, 6) is 1.84. The van der Waals surface area contributed by atoms with Crippen molar-refractivity contribution in [3.8, 4) is 11.1 Å². The molecular formula is C16H22N2O. The van der Waals surface area contributed by atoms with Gasteiger partial charge in [-0.25, -0.2) is 0 Å². The molecule has 1 aromatic carbocycles. The van der Waals surface area contributed by atoms with E-state index in [4.69, 9.17) is 10.3 Å². The lowest BCUT2D eigenvalue weighted by atomic mass is 9.91. The largest absolute Gasteiger partial charge is 0.380 e. The number of nitrogens with zero attached hydrogens (tertiary/aromatic N) is 1. The van der Waals surface area contributed by atoms with Gasteiger partial charge < -0.3 is 10.3 Å². The van der Waals surface area contributed by atoms with Crippen molar-refractivity contribution in [2.45, 2.75) is 45.4 Å². The Morgan fingerprint density at radius 3 is 2.58 bits per heavy atom. The van der Waals surface area contributed by atoms with Crippen LogP contribution in [-0.4, -0.2) is 5.16 Å². The molecular weight excluding hydrogens is 236 g/mol. The standard InChI is InChI=1S/C16H22N2O/c1-3-5-9-12(4-2)15-14(16(17)18-19-15)13-10-7-6-8-11-13/h6-8,10-12H,3-5,9H2,1-2H3,(H2,17,18). The molecule has 2 aromatic rings. The molecule has 1 heterocycles. The second-order valence-corrected chi connectivity index (χ2v) is 4.92. The molecule has 1 unspecified atom stereocenters. The first kappa shape index (κ1) is 13.7. The van der Waals surface area contributed by atoms with Gasteiger partial charge in [-0.1, -0.05) is 62.2 Å². The van der Waals surface area contributed by atoms with Crippen LogP contribution in [0.1, 0.15) is 51.2 Å². The predicted molar refractivity (Wildman–Crippen MR) is 78.9 cm³/mol. The Labute approximate surface area is 114 Å². The van der Waals surface area contributed by atoms with Gasteiger partial charge in [-0.2, -0.15) is 0 Å². The van der Waals surface area contributed by atoms with Gasteiger partial charge in [0.25, 0.3) is 0 Å². The lowest BCUT2D eigenvalue weighted by Gasteiger charge is -2.13. The number of benzene rings is 1. The molecule has 0 aliphatic carbocycles. The van der Waals surface area contributed by atoms with E-state index >= 15 is 0 Å². The zero-order chi connectivity index (χ0) is 13.7. The van der Waals surface area contributed by atoms with Gasteiger partial charge in [0.1, 0.15) is 5.76 Å². The molecule has 2 rings (SSSR count). The molecule has 0 bridgehead atoms. The third kappa shape index (κ3) is 2.98. The van der Waals surface area contributed by atoms with Crippen molar-refractivity contribution in [3.63, 3.8) is 0 Å². The van der Waals surface area contributed by atoms with E-state index in [1.807, 2.05) is 18.2 Å². The van der Waals surface area contributed by atoms with Gasteiger partial charge in [0, 0.05) is 5.92 Å². The van der Waals surface area contributed by atoms with E-state index in [9.17, 15) is 0 Å². The first-order valence-electron chi connectivity index (χ1n) is 7.08. The lowest BCUT2D eigenvalue weighted by Crippen LogP contribution is -1.99. The Balaban J connectivity index is 2.36. The number of nitrogens with two attached hydrogens (primary N) is 1. The maximum atomic E-state index is 5.99. The van der Waals surface area contributed by atoms with Crippen LogP contribution in [0.15, 0.2) is 34.9 Å². The van der Waals surface area contributed by atoms with E-state index in [-0.39, 0.29) is 0 Å². The van der Waals surface area contributed by atoms with Gasteiger partial charge in [-0.05, 0) is 18.4 Å². The van der Waals surface area contributed by atoms with Crippen molar-refractivity contribution in [1.29, 1.82) is 0 Å². The Hall–Kier alpha value is -1.77. The summed E-state index contributed by atoms with van der Waals surface area (Å²) in [4.78, 5) is 0. The first-order valence-corrected chi connectivity index (χ1v) is 7.08. The van der Waals surface area contributed by atoms with Crippen LogP contribution in [0.4, 0.5) is 5.82 Å². The fourth-order valence-corrected chi connectivity index (χ4v) is 2.46. The van der Waals surface area contributed by atoms with Gasteiger partial charge in [0.15, 0.2) is 5.82 Å². The molecule has 0 fully saturated rings. The molecule has 2 N–H and O–H groups in total. The molecule has 0 spiro atoms. The molecule has 0 aliphatic heterocycles. The quantitative estimate of drug-likeness (QED) is 0.823. The maximum absolute atomic E-state index is 5.99. The van der Waals surface area contributed by atoms with E-state index in [0.29, 0.717) is 11.7 Å². The van der Waals surface area contributed by atoms with Crippen LogP contribution in [0.5, 0.6) is 0 Å². The third-order valence-electron chi connectivity index (χ3n) is 3.58. The van der Waals surface area contributed by atoms with Crippen LogP contribution in [0.3, 0.4) is 0 Å². The average molecular weight is 258 g/mol. The highest BCUT2D eigenvalue weighted by molar-refractivity contribution is 5.75. The van der Waals surface area contributed by atoms with E-state index < -0.39 is 0 Å². The number of anilines is 1. The zero-order valence-electron chi connectivity index (χ0n) is 11.7. The number of hydrogen-bond acceptors (Lipinski definition) is 3. The molecule has 1 atom stereocenters. The summed E-state index contributed by atoms with van der Waals surface area (Å²) in [5, 5.41) is 3.97. The second kappa shape index (κ2) is 6.41. The number of unbranched alkanes of at least 4 members (excludes halogenated alkanes) is 1. The van der Waals surface area contributed by atoms with Crippen molar-refractivity contribution in [2.24, 2.45) is 0 Å². The van der Waals surface area contributed by atoms with Gasteiger partial charge in [-0.15, -0.1) is 0 Å². The fraction of sp³-hybridized carbons (Fsp3) is 0.438. The minimum Gasteiger partial charge on any atom is -0.380 e. The number of nitrogen functional groups attached to an aromatic ring is 1. The van der Waals surface area contributed by atoms with Crippen LogP contribution < -0.4 is 5.73 Å². The minimum absolute atomic E-state index is 0.403. The third-order valence-corrected chi connectivity index (χ3v) is 3.58. The van der Waals surface area contributed by atoms with Gasteiger partial charge in [0.2, 0.25) is 0 Å². The topological polar surface area (TPSA) is 52.0 Å². The molecule has 0 saturated carbocycles. The Morgan fingerprint density at radius 1 is 1.21 bits per heavy atom. The average Bonchev–Trinajstić information content (AvgIpc) is 2.83. The van der Waals surface area contributed by atoms with Gasteiger partial charge in [0.05, 0.1) is 5.56 Å². The summed E-state index contributed by atoms with van der Waals surface area (Å²) in [6.45, 7) is 4.40. The molecule has 0 saturated heterocycles. The summed E-state index contributed by atoms with van der Waals surface area (Å²) in [7, 11) is 0. The number of aromatic nitrogens is 1. The molecule has 19 heavy (non-hydrogen) atoms. The van der Waals surface area contributed by atoms with Crippen molar-refractivity contribution < 1.29 is 4.52 Å². The summed E-state index contributed by atoms with van der Waals surface area (Å²) in [6, 6.07) is 10.1. The molecule has 102 valence electrons. The van der Waals surface area contributed by atoms with Crippen molar-refractivity contribution in [3.05, 3.63) is 36.1 Å². The fourth-order valence-electron chi connectivity index (χ4n) is 2.46. The highest BCUT2D eigenvalue weighted by Crippen LogP contribution is 2.37. The zero-order valence-corrected chi connectivity index (χ0v) is 11.7. The highest BCUT2D eigenvalue weighted by atomic mass is 16.5. The molecule has 1 aromatic heterocycles. The summed E-state index contributed by atoms with van der Waals surface area (Å²) < 4.78 is 5.52. The predicted octanol–water partition coefficient (Wildman–Crippen LogP) is 4.61. The summed E-state index contributed by atoms with van der Waals surface area (Å²) in [6.07, 6.45) is 4.57. The van der Waals surface area contributed by atoms with Crippen LogP contribution in [0, 0.1) is 0 Å². The van der Waals surface area contributed by atoms with Crippen LogP contribution in [0.25, 0.3) is 11.1 Å². The van der Waals surface area contributed by atoms with E-state index in [1.54, 1.807) is 0 Å². The molecule has 3 nitrogen and oxygen atoms in total. The van der Waals surface area contributed by atoms with Crippen molar-refractivity contribution in [1.82, 2.24) is 5.16 Å². The smallest absolute Gasteiger partial charge is 0.175 e. The normalized spacial score (nSPS) is 12.5. The minimum atomic E-state index is 0.403. The van der Waals surface area contributed by atoms with Crippen molar-refractivity contribution in [2.75, 3.05) is 5.73 Å². The Morgan fingerprint density at radius 2 is 1.95 bits per heavy atom. The van der Waals surface area contributed by atoms with Crippen molar-refractivity contribution >= 4 is 5.82 Å². The highest BCUT2D eigenvalue weighted by Gasteiger charge is 2.22. The van der Waals surface area contributed by atoms with E-state index in [0.717, 1.165) is 29.7 Å². The van der Waals surface area contributed by atoms with Gasteiger partial charge >= 0.3 is 0 Å². The Bertz CT molecular complexity index is 505. The molecule has 3 heteroatoms. The van der Waals surface area contributed by atoms with Gasteiger partial charge in [-0.3, -0.25) is 0 Å². The van der Waals surface area contributed by atoms with E-state index in [2.05, 4.69) is 31.1 Å². The summed E-state index contributed by atoms with van der Waals surface area (Å²) >= 11 is 0. The second-order valence-electron chi connectivity index (χ2n) is 4.92. The monoisotopic (exact) mass is 258 g/mol. The van der Waals surface area contributed by atoms with Crippen LogP contribution >= 0.6 is 0 Å². The number of rotatable bonds is 6. The number of hydrogen-bond donors (Lipinski definition) is 1. The van der Waals surface area contributed by atoms with Crippen LogP contribution in [-0.2, 0) is 0 Å². The Kier molecular flexibility index (Phi) is 4.61. The first-order chi connectivity index (χ1) is 9.27. The maximum Gasteiger partial charge on any atom is 0.175 e. The van der Waals surface area contributed by atoms with E-state index in [1.165, 1.54) is 12.8 Å². The molecule has 0 amide bonds. The molecule has 0 aliphatic rings. The summed E-state index contributed by atoms with van der Waals surface area (Å²) in [5.41, 5.74) is 8.05. The SMILES string of the molecule is CCCCC(CC)c1onc(N)c1-c1ccccc1. The lowest BCUT2D eigenvalue weighted by molar-refractivity contribution is 0.349. The molecule has 0 radical (unpaired) electrons.